The van der Waals surface area contributed by atoms with Crippen molar-refractivity contribution in [3.63, 3.8) is 0 Å². The Kier molecular flexibility index (Phi) is 6.67. The van der Waals surface area contributed by atoms with Gasteiger partial charge in [0.05, 0.1) is 42.7 Å². The second-order valence-corrected chi connectivity index (χ2v) is 14.3. The number of nitrogens with one attached hydrogen (secondary N) is 1. The van der Waals surface area contributed by atoms with Crippen LogP contribution in [-0.2, 0) is 19.3 Å². The Bertz CT molecular complexity index is 1690. The fourth-order valence-corrected chi connectivity index (χ4v) is 6.54. The zero-order valence-corrected chi connectivity index (χ0v) is 24.7. The van der Waals surface area contributed by atoms with Gasteiger partial charge in [0.2, 0.25) is 0 Å². The van der Waals surface area contributed by atoms with Gasteiger partial charge in [-0.05, 0) is 50.9 Å². The van der Waals surface area contributed by atoms with Crippen molar-refractivity contribution in [1.82, 2.24) is 18.9 Å². The minimum absolute atomic E-state index is 0.0298. The fraction of sp³-hybridized carbons (Fsp3) is 0.393. The van der Waals surface area contributed by atoms with E-state index >= 15 is 0 Å². The number of nitrogens with zero attached hydrogens (tertiary/aromatic N) is 5. The van der Waals surface area contributed by atoms with Gasteiger partial charge in [0.1, 0.15) is 17.0 Å². The van der Waals surface area contributed by atoms with Gasteiger partial charge < -0.3 is 19.7 Å². The van der Waals surface area contributed by atoms with E-state index in [-0.39, 0.29) is 12.1 Å². The molecule has 0 bridgehead atoms. The third kappa shape index (κ3) is 4.38. The SMILES string of the molecule is CNc1cnc2c(ccn2Sc2ccccc2)c1-c1nc2c(c(C(C)(C)S(C)(=O)=O)n1)OC[C@@H]1COC[C@@H](C)N21. The average Bonchev–Trinajstić information content (AvgIpc) is 3.34. The van der Waals surface area contributed by atoms with Gasteiger partial charge >= 0.3 is 0 Å². The summed E-state index contributed by atoms with van der Waals surface area (Å²) in [7, 11) is -1.74. The smallest absolute Gasteiger partial charge is 0.185 e. The molecule has 40 heavy (non-hydrogen) atoms. The van der Waals surface area contributed by atoms with Crippen LogP contribution in [0.4, 0.5) is 11.5 Å². The normalized spacial score (nSPS) is 19.2. The maximum atomic E-state index is 13.1. The molecule has 0 unspecified atom stereocenters. The predicted molar refractivity (Wildman–Crippen MR) is 158 cm³/mol. The summed E-state index contributed by atoms with van der Waals surface area (Å²) in [5, 5.41) is 4.09. The van der Waals surface area contributed by atoms with Crippen molar-refractivity contribution in [2.24, 2.45) is 0 Å². The summed E-state index contributed by atoms with van der Waals surface area (Å²) < 4.78 is 38.8. The average molecular weight is 581 g/mol. The van der Waals surface area contributed by atoms with Gasteiger partial charge in [0, 0.05) is 29.8 Å². The van der Waals surface area contributed by atoms with E-state index in [4.69, 9.17) is 24.4 Å². The Morgan fingerprint density at radius 2 is 1.88 bits per heavy atom. The molecule has 2 aliphatic heterocycles. The maximum absolute atomic E-state index is 13.1. The summed E-state index contributed by atoms with van der Waals surface area (Å²) >= 11 is 1.56. The van der Waals surface area contributed by atoms with Crippen molar-refractivity contribution in [2.75, 3.05) is 43.3 Å². The molecule has 1 fully saturated rings. The van der Waals surface area contributed by atoms with Crippen molar-refractivity contribution in [3.05, 3.63) is 54.5 Å². The molecule has 0 radical (unpaired) electrons. The molecule has 0 aliphatic carbocycles. The molecule has 2 aliphatic rings. The summed E-state index contributed by atoms with van der Waals surface area (Å²) in [5.41, 5.74) is 2.58. The molecule has 10 nitrogen and oxygen atoms in total. The maximum Gasteiger partial charge on any atom is 0.185 e. The highest BCUT2D eigenvalue weighted by atomic mass is 32.2. The van der Waals surface area contributed by atoms with Gasteiger partial charge in [-0.3, -0.25) is 3.97 Å². The van der Waals surface area contributed by atoms with Crippen molar-refractivity contribution in [3.8, 4) is 17.1 Å². The zero-order valence-electron chi connectivity index (χ0n) is 23.1. The van der Waals surface area contributed by atoms with Gasteiger partial charge in [0.25, 0.3) is 0 Å². The van der Waals surface area contributed by atoms with Crippen LogP contribution >= 0.6 is 11.9 Å². The monoisotopic (exact) mass is 580 g/mol. The Balaban J connectivity index is 1.60. The van der Waals surface area contributed by atoms with Crippen molar-refractivity contribution >= 4 is 44.3 Å². The molecule has 2 atom stereocenters. The third-order valence-corrected chi connectivity index (χ3v) is 10.7. The lowest BCUT2D eigenvalue weighted by Crippen LogP contribution is -2.56. The van der Waals surface area contributed by atoms with Crippen LogP contribution in [-0.4, -0.2) is 72.5 Å². The number of benzene rings is 1. The minimum Gasteiger partial charge on any atom is -0.486 e. The number of morpholine rings is 1. The van der Waals surface area contributed by atoms with Gasteiger partial charge in [0.15, 0.2) is 32.9 Å². The third-order valence-electron chi connectivity index (χ3n) is 7.67. The van der Waals surface area contributed by atoms with E-state index in [1.807, 2.05) is 53.6 Å². The number of aromatic nitrogens is 4. The zero-order chi connectivity index (χ0) is 28.2. The minimum atomic E-state index is -3.57. The highest BCUT2D eigenvalue weighted by Crippen LogP contribution is 2.46. The van der Waals surface area contributed by atoms with Gasteiger partial charge in [-0.25, -0.2) is 23.4 Å². The van der Waals surface area contributed by atoms with Crippen LogP contribution < -0.4 is 15.0 Å². The predicted octanol–water partition coefficient (Wildman–Crippen LogP) is 4.36. The van der Waals surface area contributed by atoms with Crippen molar-refractivity contribution in [2.45, 2.75) is 42.5 Å². The van der Waals surface area contributed by atoms with Crippen LogP contribution in [0.3, 0.4) is 0 Å². The largest absolute Gasteiger partial charge is 0.486 e. The molecule has 0 saturated carbocycles. The van der Waals surface area contributed by atoms with E-state index in [2.05, 4.69) is 17.1 Å². The topological polar surface area (TPSA) is 111 Å². The number of rotatable bonds is 6. The molecule has 0 spiro atoms. The summed E-state index contributed by atoms with van der Waals surface area (Å²) in [6.45, 7) is 6.83. The second-order valence-electron chi connectivity index (χ2n) is 10.7. The molecule has 6 rings (SSSR count). The lowest BCUT2D eigenvalue weighted by atomic mass is 10.0. The number of anilines is 2. The van der Waals surface area contributed by atoms with Crippen LogP contribution in [0.5, 0.6) is 5.75 Å². The van der Waals surface area contributed by atoms with Crippen LogP contribution in [0.1, 0.15) is 26.5 Å². The van der Waals surface area contributed by atoms with Crippen molar-refractivity contribution < 1.29 is 17.9 Å². The van der Waals surface area contributed by atoms with Gasteiger partial charge in [-0.15, -0.1) is 0 Å². The Hall–Kier alpha value is -3.35. The summed E-state index contributed by atoms with van der Waals surface area (Å²) in [4.78, 5) is 18.1. The highest BCUT2D eigenvalue weighted by molar-refractivity contribution is 7.98. The van der Waals surface area contributed by atoms with Crippen LogP contribution in [0.25, 0.3) is 22.4 Å². The number of fused-ring (bicyclic) bond motifs is 4. The van der Waals surface area contributed by atoms with Crippen LogP contribution in [0.15, 0.2) is 53.7 Å². The first-order valence-electron chi connectivity index (χ1n) is 13.1. The van der Waals surface area contributed by atoms with E-state index in [0.717, 1.165) is 27.2 Å². The Labute approximate surface area is 238 Å². The first kappa shape index (κ1) is 26.9. The molecule has 210 valence electrons. The van der Waals surface area contributed by atoms with Gasteiger partial charge in [-0.2, -0.15) is 0 Å². The molecule has 3 aromatic heterocycles. The number of pyridine rings is 1. The second kappa shape index (κ2) is 9.93. The molecule has 4 aromatic rings. The van der Waals surface area contributed by atoms with Crippen LogP contribution in [0.2, 0.25) is 0 Å². The first-order valence-corrected chi connectivity index (χ1v) is 15.8. The summed E-state index contributed by atoms with van der Waals surface area (Å²) in [6, 6.07) is 12.1. The van der Waals surface area contributed by atoms with E-state index in [9.17, 15) is 8.42 Å². The highest BCUT2D eigenvalue weighted by Gasteiger charge is 2.44. The fourth-order valence-electron chi connectivity index (χ4n) is 5.19. The van der Waals surface area contributed by atoms with E-state index in [1.165, 1.54) is 6.26 Å². The first-order chi connectivity index (χ1) is 19.1. The number of hydrogen-bond acceptors (Lipinski definition) is 10. The van der Waals surface area contributed by atoms with E-state index in [1.54, 1.807) is 32.0 Å². The summed E-state index contributed by atoms with van der Waals surface area (Å²) in [6.07, 6.45) is 4.97. The molecule has 1 aromatic carbocycles. The molecule has 1 N–H and O–H groups in total. The molecule has 5 heterocycles. The number of hydrogen-bond donors (Lipinski definition) is 1. The molecular weight excluding hydrogens is 548 g/mol. The Morgan fingerprint density at radius 3 is 2.60 bits per heavy atom. The lowest BCUT2D eigenvalue weighted by Gasteiger charge is -2.45. The lowest BCUT2D eigenvalue weighted by molar-refractivity contribution is 0.0482. The van der Waals surface area contributed by atoms with E-state index < -0.39 is 14.6 Å². The molecular formula is C28H32N6O4S2. The molecule has 1 saturated heterocycles. The van der Waals surface area contributed by atoms with Gasteiger partial charge in [-0.1, -0.05) is 18.2 Å². The Morgan fingerprint density at radius 1 is 1.10 bits per heavy atom. The molecule has 0 amide bonds. The standard InChI is InChI=1S/C28H32N6O4S2/c1-17-14-37-15-18-16-38-23-24(28(2,3)40(5,35)36)31-25(32-27(23)34(17)18)22-20-11-12-33(26(20)30-13-21(22)29-4)39-19-9-7-6-8-10-19/h6-13,17-18,29H,14-16H2,1-5H3/t17-,18+/m1/s1. The number of sulfone groups is 1. The van der Waals surface area contributed by atoms with Crippen molar-refractivity contribution in [1.29, 1.82) is 0 Å². The molecule has 12 heteroatoms. The summed E-state index contributed by atoms with van der Waals surface area (Å²) in [5.74, 6) is 1.42. The van der Waals surface area contributed by atoms with E-state index in [0.29, 0.717) is 42.9 Å². The quantitative estimate of drug-likeness (QED) is 0.353. The number of ether oxygens (including phenoxy) is 2. The van der Waals surface area contributed by atoms with Crippen LogP contribution in [0, 0.1) is 0 Å².